The van der Waals surface area contributed by atoms with Crippen molar-refractivity contribution in [2.45, 2.75) is 65.1 Å². The minimum atomic E-state index is -1.07. The summed E-state index contributed by atoms with van der Waals surface area (Å²) in [5.74, 6) is -0.412. The van der Waals surface area contributed by atoms with Crippen LogP contribution in [0.2, 0.25) is 0 Å². The van der Waals surface area contributed by atoms with Crippen LogP contribution in [0.25, 0.3) is 0 Å². The van der Waals surface area contributed by atoms with Gasteiger partial charge in [0.25, 0.3) is 5.91 Å². The summed E-state index contributed by atoms with van der Waals surface area (Å²) in [4.78, 5) is 41.8. The van der Waals surface area contributed by atoms with E-state index in [-0.39, 0.29) is 30.0 Å². The van der Waals surface area contributed by atoms with Crippen molar-refractivity contribution in [3.05, 3.63) is 0 Å². The Balaban J connectivity index is 1.81. The van der Waals surface area contributed by atoms with Gasteiger partial charge in [-0.2, -0.15) is 0 Å². The molecule has 2 bridgehead atoms. The molecule has 27 heavy (non-hydrogen) atoms. The third-order valence-electron chi connectivity index (χ3n) is 5.42. The Morgan fingerprint density at radius 1 is 1.33 bits per heavy atom. The molecule has 0 aromatic rings. The van der Waals surface area contributed by atoms with Gasteiger partial charge in [-0.05, 0) is 37.5 Å². The van der Waals surface area contributed by atoms with E-state index in [1.807, 2.05) is 20.8 Å². The molecule has 2 aliphatic heterocycles. The average Bonchev–Trinajstić information content (AvgIpc) is 2.77. The number of fused-ring (bicyclic) bond motifs is 2. The normalized spacial score (nSPS) is 24.6. The van der Waals surface area contributed by atoms with E-state index in [0.29, 0.717) is 30.9 Å². The summed E-state index contributed by atoms with van der Waals surface area (Å²) in [6, 6.07) is -1.73. The van der Waals surface area contributed by atoms with E-state index in [4.69, 9.17) is 9.94 Å². The molecular weight excluding hydrogens is 356 g/mol. The standard InChI is InChI=1S/C17H30N4O6/c1-10(18-15(23)24)12(17(2,3)4)7-8-27-19-14(22)13-6-5-11-9-20(13)16(25)21(11)26/h10-13,18,26H,5-9H2,1-4H3,(H,19,22)(H,23,24)/t10?,11-,12?,13+/m1/s1. The first-order valence-corrected chi connectivity index (χ1v) is 9.22. The second kappa shape index (κ2) is 8.30. The number of nitrogens with zero attached hydrogens (tertiary/aromatic N) is 2. The van der Waals surface area contributed by atoms with Gasteiger partial charge in [0.1, 0.15) is 6.04 Å². The summed E-state index contributed by atoms with van der Waals surface area (Å²) in [5.41, 5.74) is 2.23. The smallest absolute Gasteiger partial charge is 0.404 e. The number of nitrogens with one attached hydrogen (secondary N) is 2. The van der Waals surface area contributed by atoms with Gasteiger partial charge < -0.3 is 15.3 Å². The summed E-state index contributed by atoms with van der Waals surface area (Å²) in [5, 5.41) is 21.8. The van der Waals surface area contributed by atoms with Crippen molar-refractivity contribution in [3.8, 4) is 0 Å². The Bertz CT molecular complexity index is 578. The van der Waals surface area contributed by atoms with Gasteiger partial charge >= 0.3 is 12.1 Å². The van der Waals surface area contributed by atoms with Crippen LogP contribution in [-0.4, -0.2) is 69.6 Å². The predicted molar refractivity (Wildman–Crippen MR) is 94.8 cm³/mol. The molecule has 4 N–H and O–H groups in total. The first-order chi connectivity index (χ1) is 12.5. The predicted octanol–water partition coefficient (Wildman–Crippen LogP) is 1.40. The van der Waals surface area contributed by atoms with Crippen LogP contribution in [0, 0.1) is 11.3 Å². The Labute approximate surface area is 158 Å². The van der Waals surface area contributed by atoms with Crippen LogP contribution in [-0.2, 0) is 9.63 Å². The lowest BCUT2D eigenvalue weighted by Gasteiger charge is -2.35. The molecule has 0 aromatic heterocycles. The fraction of sp³-hybridized carbons (Fsp3) is 0.824. The van der Waals surface area contributed by atoms with Gasteiger partial charge in [-0.1, -0.05) is 20.8 Å². The minimum Gasteiger partial charge on any atom is -0.465 e. The highest BCUT2D eigenvalue weighted by Crippen LogP contribution is 2.32. The third kappa shape index (κ3) is 5.01. The zero-order chi connectivity index (χ0) is 20.4. The lowest BCUT2D eigenvalue weighted by Crippen LogP contribution is -2.50. The molecule has 0 saturated carbocycles. The molecule has 2 heterocycles. The van der Waals surface area contributed by atoms with Crippen molar-refractivity contribution in [2.75, 3.05) is 13.2 Å². The molecule has 0 radical (unpaired) electrons. The molecule has 10 heteroatoms. The Morgan fingerprint density at radius 3 is 2.59 bits per heavy atom. The molecule has 2 unspecified atom stereocenters. The molecule has 10 nitrogen and oxygen atoms in total. The number of urea groups is 1. The summed E-state index contributed by atoms with van der Waals surface area (Å²) >= 11 is 0. The second-order valence-corrected chi connectivity index (χ2v) is 8.34. The minimum absolute atomic E-state index is 0.00375. The van der Waals surface area contributed by atoms with Crippen molar-refractivity contribution >= 4 is 18.0 Å². The molecule has 0 spiro atoms. The van der Waals surface area contributed by atoms with Crippen LogP contribution in [0.4, 0.5) is 9.59 Å². The number of piperidine rings is 1. The quantitative estimate of drug-likeness (QED) is 0.297. The molecular formula is C17H30N4O6. The van der Waals surface area contributed by atoms with Crippen LogP contribution < -0.4 is 10.8 Å². The lowest BCUT2D eigenvalue weighted by molar-refractivity contribution is -0.139. The number of amides is 4. The topological polar surface area (TPSA) is 131 Å². The van der Waals surface area contributed by atoms with Crippen molar-refractivity contribution in [1.82, 2.24) is 20.8 Å². The zero-order valence-electron chi connectivity index (χ0n) is 16.3. The van der Waals surface area contributed by atoms with Crippen LogP contribution in [0.3, 0.4) is 0 Å². The van der Waals surface area contributed by atoms with Gasteiger partial charge in [0, 0.05) is 12.6 Å². The van der Waals surface area contributed by atoms with E-state index >= 15 is 0 Å². The number of carbonyl (C=O) groups excluding carboxylic acids is 2. The maximum atomic E-state index is 12.3. The van der Waals surface area contributed by atoms with E-state index < -0.39 is 24.1 Å². The van der Waals surface area contributed by atoms with E-state index in [9.17, 15) is 19.6 Å². The van der Waals surface area contributed by atoms with Gasteiger partial charge in [0.2, 0.25) is 0 Å². The zero-order valence-corrected chi connectivity index (χ0v) is 16.3. The van der Waals surface area contributed by atoms with Gasteiger partial charge in [-0.15, -0.1) is 0 Å². The number of hydrogen-bond acceptors (Lipinski definition) is 5. The number of carbonyl (C=O) groups is 3. The van der Waals surface area contributed by atoms with Gasteiger partial charge in [0.05, 0.1) is 12.6 Å². The molecule has 4 amide bonds. The first kappa shape index (κ1) is 21.2. The van der Waals surface area contributed by atoms with Gasteiger partial charge in [-0.25, -0.2) is 20.1 Å². The summed E-state index contributed by atoms with van der Waals surface area (Å²) < 4.78 is 0. The van der Waals surface area contributed by atoms with Crippen molar-refractivity contribution in [2.24, 2.45) is 11.3 Å². The highest BCUT2D eigenvalue weighted by molar-refractivity contribution is 5.87. The van der Waals surface area contributed by atoms with E-state index in [1.165, 1.54) is 4.90 Å². The fourth-order valence-electron chi connectivity index (χ4n) is 4.03. The van der Waals surface area contributed by atoms with Crippen LogP contribution >= 0.6 is 0 Å². The van der Waals surface area contributed by atoms with Gasteiger partial charge in [0.15, 0.2) is 0 Å². The highest BCUT2D eigenvalue weighted by Gasteiger charge is 2.46. The largest absolute Gasteiger partial charge is 0.465 e. The van der Waals surface area contributed by atoms with E-state index in [2.05, 4.69) is 10.8 Å². The fourth-order valence-corrected chi connectivity index (χ4v) is 4.03. The van der Waals surface area contributed by atoms with Crippen LogP contribution in [0.15, 0.2) is 0 Å². The van der Waals surface area contributed by atoms with Gasteiger partial charge in [-0.3, -0.25) is 14.8 Å². The molecule has 2 saturated heterocycles. The van der Waals surface area contributed by atoms with Crippen molar-refractivity contribution in [3.63, 3.8) is 0 Å². The highest BCUT2D eigenvalue weighted by atomic mass is 16.7. The summed E-state index contributed by atoms with van der Waals surface area (Å²) in [7, 11) is 0. The second-order valence-electron chi connectivity index (χ2n) is 8.34. The number of carboxylic acid groups (broad SMARTS) is 1. The number of rotatable bonds is 7. The lowest BCUT2D eigenvalue weighted by atomic mass is 9.75. The summed E-state index contributed by atoms with van der Waals surface area (Å²) in [6.07, 6.45) is 0.494. The molecule has 4 atom stereocenters. The third-order valence-corrected chi connectivity index (χ3v) is 5.42. The van der Waals surface area contributed by atoms with E-state index in [1.54, 1.807) is 6.92 Å². The maximum absolute atomic E-state index is 12.3. The molecule has 2 fully saturated rings. The first-order valence-electron chi connectivity index (χ1n) is 9.22. The SMILES string of the molecule is CC(NC(=O)O)C(CCONC(=O)[C@@H]1CC[C@@H]2CN1C(=O)N2O)C(C)(C)C. The van der Waals surface area contributed by atoms with Crippen LogP contribution in [0.5, 0.6) is 0 Å². The molecule has 154 valence electrons. The Kier molecular flexibility index (Phi) is 6.53. The molecule has 0 aliphatic carbocycles. The van der Waals surface area contributed by atoms with Crippen molar-refractivity contribution < 1.29 is 29.5 Å². The molecule has 0 aromatic carbocycles. The Hall–Kier alpha value is -2.07. The molecule has 2 rings (SSSR count). The van der Waals surface area contributed by atoms with Crippen molar-refractivity contribution in [1.29, 1.82) is 0 Å². The van der Waals surface area contributed by atoms with E-state index in [0.717, 1.165) is 0 Å². The monoisotopic (exact) mass is 386 g/mol. The number of hydrogen-bond donors (Lipinski definition) is 4. The molecule has 2 aliphatic rings. The number of hydroxylamine groups is 3. The Morgan fingerprint density at radius 2 is 2.00 bits per heavy atom. The maximum Gasteiger partial charge on any atom is 0.404 e. The average molecular weight is 386 g/mol. The summed E-state index contributed by atoms with van der Waals surface area (Å²) in [6.45, 7) is 8.42. The van der Waals surface area contributed by atoms with Crippen LogP contribution in [0.1, 0.15) is 47.0 Å².